The van der Waals surface area contributed by atoms with Gasteiger partial charge in [0.25, 0.3) is 0 Å². The minimum Gasteiger partial charge on any atom is -0.382 e. The Hall–Kier alpha value is -1.77. The summed E-state index contributed by atoms with van der Waals surface area (Å²) in [5.74, 6) is 1.64. The molecular weight excluding hydrogens is 186 g/mol. The van der Waals surface area contributed by atoms with Crippen molar-refractivity contribution >= 4 is 5.82 Å². The molecule has 0 aliphatic heterocycles. The fourth-order valence-electron chi connectivity index (χ4n) is 1.68. The molecule has 0 radical (unpaired) electrons. The van der Waals surface area contributed by atoms with Crippen molar-refractivity contribution in [1.29, 1.82) is 0 Å². The maximum atomic E-state index is 5.68. The Labute approximate surface area is 89.6 Å². The maximum Gasteiger partial charge on any atom is 0.141 e. The second-order valence-electron chi connectivity index (χ2n) is 3.55. The molecule has 3 nitrogen and oxygen atoms in total. The third-order valence-electron chi connectivity index (χ3n) is 2.39. The van der Waals surface area contributed by atoms with Crippen molar-refractivity contribution in [2.75, 3.05) is 5.73 Å². The van der Waals surface area contributed by atoms with Gasteiger partial charge in [-0.3, -0.25) is 0 Å². The molecule has 0 saturated heterocycles. The molecule has 0 fully saturated rings. The standard InChI is InChI=1S/C12H15N3/c1-2-12-14-11(13)9-15(12)8-10-6-4-3-5-7-10/h3-7,9H,2,8,13H2,1H3. The van der Waals surface area contributed by atoms with Gasteiger partial charge in [-0.05, 0) is 5.56 Å². The topological polar surface area (TPSA) is 43.8 Å². The fourth-order valence-corrected chi connectivity index (χ4v) is 1.68. The average molecular weight is 201 g/mol. The summed E-state index contributed by atoms with van der Waals surface area (Å²) in [6, 6.07) is 10.3. The van der Waals surface area contributed by atoms with Gasteiger partial charge in [-0.25, -0.2) is 4.98 Å². The summed E-state index contributed by atoms with van der Waals surface area (Å²) in [5.41, 5.74) is 6.94. The van der Waals surface area contributed by atoms with Crippen LogP contribution in [0.4, 0.5) is 5.82 Å². The number of benzene rings is 1. The minimum atomic E-state index is 0.600. The number of nitrogens with zero attached hydrogens (tertiary/aromatic N) is 2. The summed E-state index contributed by atoms with van der Waals surface area (Å²) < 4.78 is 2.10. The molecule has 2 rings (SSSR count). The number of nitrogen functional groups attached to an aromatic ring is 1. The van der Waals surface area contributed by atoms with Crippen LogP contribution < -0.4 is 5.73 Å². The molecule has 78 valence electrons. The van der Waals surface area contributed by atoms with E-state index in [1.807, 2.05) is 24.4 Å². The van der Waals surface area contributed by atoms with Crippen LogP contribution >= 0.6 is 0 Å². The van der Waals surface area contributed by atoms with Crippen molar-refractivity contribution in [1.82, 2.24) is 9.55 Å². The highest BCUT2D eigenvalue weighted by molar-refractivity contribution is 5.27. The van der Waals surface area contributed by atoms with Gasteiger partial charge < -0.3 is 10.3 Å². The fraction of sp³-hybridized carbons (Fsp3) is 0.250. The van der Waals surface area contributed by atoms with Gasteiger partial charge in [0.2, 0.25) is 0 Å². The maximum absolute atomic E-state index is 5.68. The highest BCUT2D eigenvalue weighted by atomic mass is 15.1. The van der Waals surface area contributed by atoms with E-state index in [1.165, 1.54) is 5.56 Å². The number of hydrogen-bond donors (Lipinski definition) is 1. The van der Waals surface area contributed by atoms with E-state index in [-0.39, 0.29) is 0 Å². The molecule has 3 heteroatoms. The van der Waals surface area contributed by atoms with Gasteiger partial charge in [0, 0.05) is 19.2 Å². The van der Waals surface area contributed by atoms with Crippen LogP contribution in [0.5, 0.6) is 0 Å². The van der Waals surface area contributed by atoms with Crippen LogP contribution in [0.2, 0.25) is 0 Å². The van der Waals surface area contributed by atoms with Crippen LogP contribution in [0.3, 0.4) is 0 Å². The van der Waals surface area contributed by atoms with Crippen LogP contribution in [0.15, 0.2) is 36.5 Å². The van der Waals surface area contributed by atoms with E-state index in [4.69, 9.17) is 5.73 Å². The lowest BCUT2D eigenvalue weighted by Gasteiger charge is -2.05. The van der Waals surface area contributed by atoms with Crippen LogP contribution in [-0.4, -0.2) is 9.55 Å². The van der Waals surface area contributed by atoms with Crippen molar-refractivity contribution < 1.29 is 0 Å². The van der Waals surface area contributed by atoms with Crippen LogP contribution in [0, 0.1) is 0 Å². The second-order valence-corrected chi connectivity index (χ2v) is 3.55. The first-order valence-electron chi connectivity index (χ1n) is 5.15. The molecule has 0 atom stereocenters. The zero-order valence-electron chi connectivity index (χ0n) is 8.85. The predicted molar refractivity (Wildman–Crippen MR) is 61.6 cm³/mol. The summed E-state index contributed by atoms with van der Waals surface area (Å²) in [4.78, 5) is 4.27. The Balaban J connectivity index is 2.24. The van der Waals surface area contributed by atoms with E-state index in [0.717, 1.165) is 18.8 Å². The molecule has 1 heterocycles. The van der Waals surface area contributed by atoms with Gasteiger partial charge in [-0.1, -0.05) is 37.3 Å². The van der Waals surface area contributed by atoms with Gasteiger partial charge >= 0.3 is 0 Å². The van der Waals surface area contributed by atoms with Crippen molar-refractivity contribution in [3.8, 4) is 0 Å². The van der Waals surface area contributed by atoms with Crippen molar-refractivity contribution in [3.05, 3.63) is 47.9 Å². The third-order valence-corrected chi connectivity index (χ3v) is 2.39. The van der Waals surface area contributed by atoms with Gasteiger partial charge in [0.15, 0.2) is 0 Å². The monoisotopic (exact) mass is 201 g/mol. The molecule has 2 aromatic rings. The number of aromatic nitrogens is 2. The van der Waals surface area contributed by atoms with Gasteiger partial charge in [0.05, 0.1) is 0 Å². The Morgan fingerprint density at radius 3 is 2.67 bits per heavy atom. The molecule has 0 amide bonds. The molecule has 0 saturated carbocycles. The lowest BCUT2D eigenvalue weighted by Crippen LogP contribution is -2.02. The second kappa shape index (κ2) is 4.17. The van der Waals surface area contributed by atoms with Crippen LogP contribution in [0.1, 0.15) is 18.3 Å². The van der Waals surface area contributed by atoms with E-state index >= 15 is 0 Å². The first kappa shape index (κ1) is 9.77. The molecule has 1 aromatic heterocycles. The van der Waals surface area contributed by atoms with Crippen molar-refractivity contribution in [2.24, 2.45) is 0 Å². The average Bonchev–Trinajstić information content (AvgIpc) is 2.60. The quantitative estimate of drug-likeness (QED) is 0.826. The number of nitrogens with two attached hydrogens (primary N) is 1. The Morgan fingerprint density at radius 1 is 1.27 bits per heavy atom. The zero-order chi connectivity index (χ0) is 10.7. The van der Waals surface area contributed by atoms with Crippen molar-refractivity contribution in [3.63, 3.8) is 0 Å². The van der Waals surface area contributed by atoms with E-state index < -0.39 is 0 Å². The SMILES string of the molecule is CCc1nc(N)cn1Cc1ccccc1. The molecule has 1 aromatic carbocycles. The molecule has 0 bridgehead atoms. The molecule has 0 aliphatic carbocycles. The highest BCUT2D eigenvalue weighted by Crippen LogP contribution is 2.09. The summed E-state index contributed by atoms with van der Waals surface area (Å²) in [6.45, 7) is 2.93. The third kappa shape index (κ3) is 2.18. The zero-order valence-corrected chi connectivity index (χ0v) is 8.85. The molecule has 0 unspecified atom stereocenters. The minimum absolute atomic E-state index is 0.600. The Morgan fingerprint density at radius 2 is 2.00 bits per heavy atom. The number of aryl methyl sites for hydroxylation is 1. The summed E-state index contributed by atoms with van der Waals surface area (Å²) >= 11 is 0. The van der Waals surface area contributed by atoms with Crippen LogP contribution in [-0.2, 0) is 13.0 Å². The molecule has 2 N–H and O–H groups in total. The molecular formula is C12H15N3. The normalized spacial score (nSPS) is 10.5. The number of hydrogen-bond acceptors (Lipinski definition) is 2. The number of rotatable bonds is 3. The van der Waals surface area contributed by atoms with E-state index in [9.17, 15) is 0 Å². The number of imidazole rings is 1. The van der Waals surface area contributed by atoms with Crippen molar-refractivity contribution in [2.45, 2.75) is 19.9 Å². The predicted octanol–water partition coefficient (Wildman–Crippen LogP) is 2.08. The first-order chi connectivity index (χ1) is 7.29. The highest BCUT2D eigenvalue weighted by Gasteiger charge is 2.03. The molecule has 0 aliphatic rings. The smallest absolute Gasteiger partial charge is 0.141 e. The molecule has 15 heavy (non-hydrogen) atoms. The van der Waals surface area contributed by atoms with Gasteiger partial charge in [-0.15, -0.1) is 0 Å². The summed E-state index contributed by atoms with van der Waals surface area (Å²) in [5, 5.41) is 0. The van der Waals surface area contributed by atoms with Gasteiger partial charge in [-0.2, -0.15) is 0 Å². The largest absolute Gasteiger partial charge is 0.382 e. The summed E-state index contributed by atoms with van der Waals surface area (Å²) in [7, 11) is 0. The molecule has 0 spiro atoms. The van der Waals surface area contributed by atoms with Crippen LogP contribution in [0.25, 0.3) is 0 Å². The first-order valence-corrected chi connectivity index (χ1v) is 5.15. The van der Waals surface area contributed by atoms with E-state index in [0.29, 0.717) is 5.82 Å². The Kier molecular flexibility index (Phi) is 2.72. The van der Waals surface area contributed by atoms with Gasteiger partial charge in [0.1, 0.15) is 11.6 Å². The van der Waals surface area contributed by atoms with E-state index in [1.54, 1.807) is 0 Å². The Bertz CT molecular complexity index is 431. The van der Waals surface area contributed by atoms with E-state index in [2.05, 4.69) is 28.6 Å². The lowest BCUT2D eigenvalue weighted by molar-refractivity contribution is 0.732. The summed E-state index contributed by atoms with van der Waals surface area (Å²) in [6.07, 6.45) is 2.80. The lowest BCUT2D eigenvalue weighted by atomic mass is 10.2. The number of anilines is 1.